The standard InChI is InChI=1S/C22H24N4OS/c1-15-8-11-19(12-16(15)2)26-21(18-6-4-3-5-7-18)24-25-22(26)28-14-20(27)23-13-17-9-10-17/h3-8,11-12,17H,9-10,13-14H2,1-2H3,(H,23,27). The third kappa shape index (κ3) is 4.28. The zero-order valence-electron chi connectivity index (χ0n) is 16.2. The minimum Gasteiger partial charge on any atom is -0.355 e. The zero-order chi connectivity index (χ0) is 19.5. The van der Waals surface area contributed by atoms with Crippen molar-refractivity contribution in [3.63, 3.8) is 0 Å². The van der Waals surface area contributed by atoms with Gasteiger partial charge in [0.1, 0.15) is 0 Å². The highest BCUT2D eigenvalue weighted by atomic mass is 32.2. The van der Waals surface area contributed by atoms with Crippen molar-refractivity contribution in [2.24, 2.45) is 5.92 Å². The molecule has 0 radical (unpaired) electrons. The third-order valence-electron chi connectivity index (χ3n) is 5.03. The Labute approximate surface area is 169 Å². The van der Waals surface area contributed by atoms with Crippen LogP contribution in [0.5, 0.6) is 0 Å². The van der Waals surface area contributed by atoms with E-state index in [0.717, 1.165) is 28.8 Å². The van der Waals surface area contributed by atoms with E-state index < -0.39 is 0 Å². The Morgan fingerprint density at radius 2 is 1.89 bits per heavy atom. The molecule has 1 aromatic heterocycles. The minimum atomic E-state index is 0.0489. The van der Waals surface area contributed by atoms with Crippen molar-refractivity contribution in [3.05, 3.63) is 59.7 Å². The molecular formula is C22H24N4OS. The fourth-order valence-corrected chi connectivity index (χ4v) is 3.78. The molecule has 1 aliphatic rings. The summed E-state index contributed by atoms with van der Waals surface area (Å²) in [6, 6.07) is 16.4. The summed E-state index contributed by atoms with van der Waals surface area (Å²) in [7, 11) is 0. The Morgan fingerprint density at radius 1 is 1.11 bits per heavy atom. The van der Waals surface area contributed by atoms with Crippen molar-refractivity contribution in [1.82, 2.24) is 20.1 Å². The Bertz CT molecular complexity index is 979. The lowest BCUT2D eigenvalue weighted by molar-refractivity contribution is -0.118. The quantitative estimate of drug-likeness (QED) is 0.613. The van der Waals surface area contributed by atoms with Gasteiger partial charge in [-0.25, -0.2) is 0 Å². The van der Waals surface area contributed by atoms with E-state index in [4.69, 9.17) is 0 Å². The van der Waals surface area contributed by atoms with Gasteiger partial charge in [-0.1, -0.05) is 48.2 Å². The van der Waals surface area contributed by atoms with Gasteiger partial charge >= 0.3 is 0 Å². The van der Waals surface area contributed by atoms with Gasteiger partial charge in [-0.15, -0.1) is 10.2 Å². The molecule has 4 rings (SSSR count). The first-order valence-corrected chi connectivity index (χ1v) is 10.6. The van der Waals surface area contributed by atoms with E-state index in [0.29, 0.717) is 11.7 Å². The molecule has 144 valence electrons. The molecule has 0 unspecified atom stereocenters. The van der Waals surface area contributed by atoms with E-state index in [1.807, 2.05) is 34.9 Å². The lowest BCUT2D eigenvalue weighted by Crippen LogP contribution is -2.27. The van der Waals surface area contributed by atoms with Gasteiger partial charge in [-0.2, -0.15) is 0 Å². The van der Waals surface area contributed by atoms with Crippen LogP contribution in [0, 0.1) is 19.8 Å². The lowest BCUT2D eigenvalue weighted by Gasteiger charge is -2.12. The number of aromatic nitrogens is 3. The molecule has 28 heavy (non-hydrogen) atoms. The third-order valence-corrected chi connectivity index (χ3v) is 5.96. The molecule has 3 aromatic rings. The highest BCUT2D eigenvalue weighted by Gasteiger charge is 2.22. The van der Waals surface area contributed by atoms with E-state index >= 15 is 0 Å². The van der Waals surface area contributed by atoms with Crippen molar-refractivity contribution in [2.45, 2.75) is 31.8 Å². The van der Waals surface area contributed by atoms with Crippen molar-refractivity contribution >= 4 is 17.7 Å². The molecule has 0 aliphatic heterocycles. The van der Waals surface area contributed by atoms with Crippen LogP contribution < -0.4 is 5.32 Å². The molecule has 1 amide bonds. The monoisotopic (exact) mass is 392 g/mol. The number of amides is 1. The molecule has 0 bridgehead atoms. The highest BCUT2D eigenvalue weighted by Crippen LogP contribution is 2.29. The molecule has 0 spiro atoms. The number of carbonyl (C=O) groups is 1. The number of thioether (sulfide) groups is 1. The van der Waals surface area contributed by atoms with Crippen LogP contribution in [0.4, 0.5) is 0 Å². The van der Waals surface area contributed by atoms with Gasteiger partial charge in [0.15, 0.2) is 11.0 Å². The molecule has 5 nitrogen and oxygen atoms in total. The first-order chi connectivity index (χ1) is 13.6. The second-order valence-corrected chi connectivity index (χ2v) is 8.25. The Hall–Kier alpha value is -2.60. The molecule has 1 N–H and O–H groups in total. The van der Waals surface area contributed by atoms with Crippen LogP contribution in [0.2, 0.25) is 0 Å². The fourth-order valence-electron chi connectivity index (χ4n) is 3.00. The molecule has 1 heterocycles. The topological polar surface area (TPSA) is 59.8 Å². The average Bonchev–Trinajstić information content (AvgIpc) is 3.45. The van der Waals surface area contributed by atoms with Crippen molar-refractivity contribution in [1.29, 1.82) is 0 Å². The first kappa shape index (κ1) is 18.7. The number of rotatable bonds is 7. The van der Waals surface area contributed by atoms with Gasteiger partial charge in [0.2, 0.25) is 5.91 Å². The molecule has 1 saturated carbocycles. The number of aryl methyl sites for hydroxylation is 2. The van der Waals surface area contributed by atoms with Gasteiger partial charge in [0, 0.05) is 12.1 Å². The van der Waals surface area contributed by atoms with Gasteiger partial charge in [0.05, 0.1) is 11.4 Å². The van der Waals surface area contributed by atoms with Crippen LogP contribution in [0.1, 0.15) is 24.0 Å². The zero-order valence-corrected chi connectivity index (χ0v) is 17.0. The predicted octanol–water partition coefficient (Wildman–Crippen LogP) is 4.17. The van der Waals surface area contributed by atoms with Gasteiger partial charge in [-0.05, 0) is 55.9 Å². The summed E-state index contributed by atoms with van der Waals surface area (Å²) < 4.78 is 2.04. The van der Waals surface area contributed by atoms with Crippen LogP contribution >= 0.6 is 11.8 Å². The second kappa shape index (κ2) is 8.19. The highest BCUT2D eigenvalue weighted by molar-refractivity contribution is 7.99. The second-order valence-electron chi connectivity index (χ2n) is 7.31. The summed E-state index contributed by atoms with van der Waals surface area (Å²) >= 11 is 1.42. The molecule has 1 fully saturated rings. The van der Waals surface area contributed by atoms with E-state index in [-0.39, 0.29) is 5.91 Å². The Balaban J connectivity index is 1.62. The van der Waals surface area contributed by atoms with Crippen LogP contribution in [0.15, 0.2) is 53.7 Å². The number of hydrogen-bond donors (Lipinski definition) is 1. The van der Waals surface area contributed by atoms with Crippen LogP contribution in [-0.4, -0.2) is 33.0 Å². The first-order valence-electron chi connectivity index (χ1n) is 9.60. The van der Waals surface area contributed by atoms with E-state index in [9.17, 15) is 4.79 Å². The number of nitrogens with zero attached hydrogens (tertiary/aromatic N) is 3. The van der Waals surface area contributed by atoms with Gasteiger partial charge in [0.25, 0.3) is 0 Å². The summed E-state index contributed by atoms with van der Waals surface area (Å²) in [4.78, 5) is 12.2. The van der Waals surface area contributed by atoms with Gasteiger partial charge in [-0.3, -0.25) is 9.36 Å². The lowest BCUT2D eigenvalue weighted by atomic mass is 10.1. The maximum Gasteiger partial charge on any atom is 0.230 e. The maximum absolute atomic E-state index is 12.2. The summed E-state index contributed by atoms with van der Waals surface area (Å²) in [6.45, 7) is 4.99. The average molecular weight is 393 g/mol. The normalized spacial score (nSPS) is 13.5. The minimum absolute atomic E-state index is 0.0489. The van der Waals surface area contributed by atoms with E-state index in [1.54, 1.807) is 0 Å². The summed E-state index contributed by atoms with van der Waals surface area (Å²) in [6.07, 6.45) is 2.46. The van der Waals surface area contributed by atoms with E-state index in [1.165, 1.54) is 35.7 Å². The molecule has 1 aliphatic carbocycles. The molecule has 0 atom stereocenters. The largest absolute Gasteiger partial charge is 0.355 e. The van der Waals surface area contributed by atoms with Crippen molar-refractivity contribution < 1.29 is 4.79 Å². The van der Waals surface area contributed by atoms with Crippen molar-refractivity contribution in [2.75, 3.05) is 12.3 Å². The predicted molar refractivity (Wildman–Crippen MR) is 113 cm³/mol. The maximum atomic E-state index is 12.2. The number of nitrogens with one attached hydrogen (secondary N) is 1. The fraction of sp³-hybridized carbons (Fsp3) is 0.318. The summed E-state index contributed by atoms with van der Waals surface area (Å²) in [5.41, 5.74) is 4.46. The summed E-state index contributed by atoms with van der Waals surface area (Å²) in [5, 5.41) is 12.6. The molecule has 0 saturated heterocycles. The van der Waals surface area contributed by atoms with Gasteiger partial charge < -0.3 is 5.32 Å². The Kier molecular flexibility index (Phi) is 5.48. The van der Waals surface area contributed by atoms with Crippen LogP contribution in [-0.2, 0) is 4.79 Å². The SMILES string of the molecule is Cc1ccc(-n2c(SCC(=O)NCC3CC3)nnc2-c2ccccc2)cc1C. The van der Waals surface area contributed by atoms with Crippen molar-refractivity contribution in [3.8, 4) is 17.1 Å². The number of hydrogen-bond acceptors (Lipinski definition) is 4. The number of carbonyl (C=O) groups excluding carboxylic acids is 1. The van der Waals surface area contributed by atoms with E-state index in [2.05, 4.69) is 47.6 Å². The molecule has 6 heteroatoms. The van der Waals surface area contributed by atoms with Crippen LogP contribution in [0.3, 0.4) is 0 Å². The van der Waals surface area contributed by atoms with Crippen LogP contribution in [0.25, 0.3) is 17.1 Å². The summed E-state index contributed by atoms with van der Waals surface area (Å²) in [5.74, 6) is 1.85. The molecular weight excluding hydrogens is 368 g/mol. The number of benzene rings is 2. The smallest absolute Gasteiger partial charge is 0.230 e. The Morgan fingerprint density at radius 3 is 2.61 bits per heavy atom. The molecule has 2 aromatic carbocycles.